The molecule has 0 atom stereocenters. The molecule has 0 radical (unpaired) electrons. The molecule has 0 amide bonds. The van der Waals surface area contributed by atoms with Crippen molar-refractivity contribution in [2.45, 2.75) is 11.3 Å². The summed E-state index contributed by atoms with van der Waals surface area (Å²) in [6, 6.07) is 12.4. The summed E-state index contributed by atoms with van der Waals surface area (Å²) in [5.74, 6) is 0.855. The summed E-state index contributed by atoms with van der Waals surface area (Å²) in [4.78, 5) is 8.17. The van der Waals surface area contributed by atoms with Gasteiger partial charge in [0.25, 0.3) is 5.89 Å². The van der Waals surface area contributed by atoms with Gasteiger partial charge in [-0.1, -0.05) is 23.4 Å². The highest BCUT2D eigenvalue weighted by Gasteiger charge is 2.14. The number of nitrogens with one attached hydrogen (secondary N) is 1. The van der Waals surface area contributed by atoms with Crippen LogP contribution in [0.5, 0.6) is 0 Å². The fourth-order valence-electron chi connectivity index (χ4n) is 1.94. The number of aromatic nitrogens is 3. The first kappa shape index (κ1) is 15.3. The van der Waals surface area contributed by atoms with Gasteiger partial charge in [-0.25, -0.2) is 13.1 Å². The van der Waals surface area contributed by atoms with E-state index >= 15 is 0 Å². The Balaban J connectivity index is 1.61. The summed E-state index contributed by atoms with van der Waals surface area (Å²) in [5, 5.41) is 3.85. The molecule has 0 aliphatic rings. The minimum atomic E-state index is -3.57. The second-order valence-electron chi connectivity index (χ2n) is 4.72. The van der Waals surface area contributed by atoms with Gasteiger partial charge >= 0.3 is 0 Å². The van der Waals surface area contributed by atoms with E-state index in [1.165, 1.54) is 18.5 Å². The minimum Gasteiger partial charge on any atom is -0.334 e. The van der Waals surface area contributed by atoms with E-state index in [1.807, 2.05) is 30.3 Å². The average Bonchev–Trinajstić information content (AvgIpc) is 3.05. The maximum Gasteiger partial charge on any atom is 0.257 e. The van der Waals surface area contributed by atoms with Crippen molar-refractivity contribution < 1.29 is 12.9 Å². The number of hydrogen-bond donors (Lipinski definition) is 1. The molecule has 2 aromatic heterocycles. The molecule has 3 rings (SSSR count). The summed E-state index contributed by atoms with van der Waals surface area (Å²) >= 11 is 0. The predicted molar refractivity (Wildman–Crippen MR) is 82.9 cm³/mol. The fourth-order valence-corrected chi connectivity index (χ4v) is 2.93. The van der Waals surface area contributed by atoms with Crippen LogP contribution in [0.3, 0.4) is 0 Å². The number of hydrogen-bond acceptors (Lipinski definition) is 6. The first-order valence-electron chi connectivity index (χ1n) is 6.93. The smallest absolute Gasteiger partial charge is 0.257 e. The molecule has 0 fully saturated rings. The maximum absolute atomic E-state index is 12.0. The second kappa shape index (κ2) is 6.67. The van der Waals surface area contributed by atoms with Gasteiger partial charge in [-0.3, -0.25) is 4.98 Å². The number of benzene rings is 1. The van der Waals surface area contributed by atoms with E-state index in [2.05, 4.69) is 19.8 Å². The van der Waals surface area contributed by atoms with E-state index in [0.717, 1.165) is 5.56 Å². The molecule has 1 N–H and O–H groups in total. The van der Waals surface area contributed by atoms with Crippen LogP contribution >= 0.6 is 0 Å². The van der Waals surface area contributed by atoms with Crippen LogP contribution in [0, 0.1) is 0 Å². The van der Waals surface area contributed by atoms with E-state index in [9.17, 15) is 8.42 Å². The van der Waals surface area contributed by atoms with Gasteiger partial charge in [0.2, 0.25) is 10.0 Å². The van der Waals surface area contributed by atoms with Crippen LogP contribution in [-0.2, 0) is 16.4 Å². The zero-order valence-corrected chi connectivity index (χ0v) is 12.9. The van der Waals surface area contributed by atoms with Crippen molar-refractivity contribution in [1.82, 2.24) is 19.8 Å². The topological polar surface area (TPSA) is 98.0 Å². The Hall–Kier alpha value is -2.58. The van der Waals surface area contributed by atoms with E-state index in [0.29, 0.717) is 18.1 Å². The zero-order chi connectivity index (χ0) is 16.1. The molecule has 23 heavy (non-hydrogen) atoms. The number of sulfonamides is 1. The van der Waals surface area contributed by atoms with Crippen molar-refractivity contribution in [3.63, 3.8) is 0 Å². The maximum atomic E-state index is 12.0. The summed E-state index contributed by atoms with van der Waals surface area (Å²) < 4.78 is 31.7. The molecule has 0 bridgehead atoms. The summed E-state index contributed by atoms with van der Waals surface area (Å²) in [6.07, 6.45) is 3.14. The molecule has 7 nitrogen and oxygen atoms in total. The summed E-state index contributed by atoms with van der Waals surface area (Å²) in [6.45, 7) is 0.172. The molecule has 0 unspecified atom stereocenters. The number of rotatable bonds is 6. The van der Waals surface area contributed by atoms with E-state index in [-0.39, 0.29) is 11.4 Å². The van der Waals surface area contributed by atoms with Crippen LogP contribution in [-0.4, -0.2) is 30.1 Å². The molecule has 0 saturated heterocycles. The Morgan fingerprint density at radius 3 is 2.65 bits per heavy atom. The van der Waals surface area contributed by atoms with Crippen LogP contribution in [0.2, 0.25) is 0 Å². The zero-order valence-electron chi connectivity index (χ0n) is 12.1. The molecule has 118 valence electrons. The highest BCUT2D eigenvalue weighted by Crippen LogP contribution is 2.16. The lowest BCUT2D eigenvalue weighted by molar-refractivity contribution is 0.422. The Labute approximate surface area is 133 Å². The SMILES string of the molecule is O=S(=O)(NCCc1noc(-c2ccccc2)n1)c1cccnc1. The van der Waals surface area contributed by atoms with Gasteiger partial charge in [-0.15, -0.1) is 0 Å². The summed E-state index contributed by atoms with van der Waals surface area (Å²) in [7, 11) is -3.57. The van der Waals surface area contributed by atoms with Gasteiger partial charge in [0, 0.05) is 30.9 Å². The lowest BCUT2D eigenvalue weighted by Crippen LogP contribution is -2.26. The van der Waals surface area contributed by atoms with Crippen molar-refractivity contribution in [3.8, 4) is 11.5 Å². The highest BCUT2D eigenvalue weighted by atomic mass is 32.2. The predicted octanol–water partition coefficient (Wildman–Crippen LogP) is 1.65. The number of nitrogens with zero attached hydrogens (tertiary/aromatic N) is 3. The normalized spacial score (nSPS) is 11.5. The molecule has 0 aliphatic carbocycles. The van der Waals surface area contributed by atoms with Gasteiger partial charge in [-0.2, -0.15) is 4.98 Å². The van der Waals surface area contributed by atoms with Gasteiger partial charge in [-0.05, 0) is 24.3 Å². The van der Waals surface area contributed by atoms with Crippen LogP contribution < -0.4 is 4.72 Å². The molecule has 2 heterocycles. The molecule has 0 saturated carbocycles. The first-order chi connectivity index (χ1) is 11.1. The quantitative estimate of drug-likeness (QED) is 0.738. The molecule has 1 aromatic carbocycles. The monoisotopic (exact) mass is 330 g/mol. The van der Waals surface area contributed by atoms with Crippen molar-refractivity contribution in [1.29, 1.82) is 0 Å². The average molecular weight is 330 g/mol. The Kier molecular flexibility index (Phi) is 4.45. The minimum absolute atomic E-state index is 0.123. The van der Waals surface area contributed by atoms with Crippen molar-refractivity contribution >= 4 is 10.0 Å². The van der Waals surface area contributed by atoms with E-state index < -0.39 is 10.0 Å². The largest absolute Gasteiger partial charge is 0.334 e. The van der Waals surface area contributed by atoms with Gasteiger partial charge in [0.05, 0.1) is 0 Å². The molecule has 3 aromatic rings. The second-order valence-corrected chi connectivity index (χ2v) is 6.49. The van der Waals surface area contributed by atoms with Crippen LogP contribution in [0.4, 0.5) is 0 Å². The Bertz CT molecular complexity index is 864. The Morgan fingerprint density at radius 1 is 1.09 bits per heavy atom. The molecule has 8 heteroatoms. The standard InChI is InChI=1S/C15H14N4O3S/c20-23(21,13-7-4-9-16-11-13)17-10-8-14-18-15(22-19-14)12-5-2-1-3-6-12/h1-7,9,11,17H,8,10H2. The van der Waals surface area contributed by atoms with Gasteiger partial charge < -0.3 is 4.52 Å². The van der Waals surface area contributed by atoms with Crippen LogP contribution in [0.15, 0.2) is 64.3 Å². The van der Waals surface area contributed by atoms with Crippen molar-refractivity contribution in [2.75, 3.05) is 6.54 Å². The lowest BCUT2D eigenvalue weighted by Gasteiger charge is -2.04. The van der Waals surface area contributed by atoms with E-state index in [1.54, 1.807) is 6.07 Å². The van der Waals surface area contributed by atoms with E-state index in [4.69, 9.17) is 4.52 Å². The third-order valence-electron chi connectivity index (χ3n) is 3.07. The molecule has 0 spiro atoms. The third-order valence-corrected chi connectivity index (χ3v) is 4.52. The number of pyridine rings is 1. The molecular weight excluding hydrogens is 316 g/mol. The third kappa shape index (κ3) is 3.79. The lowest BCUT2D eigenvalue weighted by atomic mass is 10.2. The fraction of sp³-hybridized carbons (Fsp3) is 0.133. The van der Waals surface area contributed by atoms with Gasteiger partial charge in [0.15, 0.2) is 5.82 Å². The summed E-state index contributed by atoms with van der Waals surface area (Å²) in [5.41, 5.74) is 0.821. The van der Waals surface area contributed by atoms with Gasteiger partial charge in [0.1, 0.15) is 4.90 Å². The van der Waals surface area contributed by atoms with Crippen molar-refractivity contribution in [2.24, 2.45) is 0 Å². The highest BCUT2D eigenvalue weighted by molar-refractivity contribution is 7.89. The molecule has 0 aliphatic heterocycles. The van der Waals surface area contributed by atoms with Crippen LogP contribution in [0.25, 0.3) is 11.5 Å². The first-order valence-corrected chi connectivity index (χ1v) is 8.41. The van der Waals surface area contributed by atoms with Crippen molar-refractivity contribution in [3.05, 3.63) is 60.7 Å². The van der Waals surface area contributed by atoms with Crippen LogP contribution in [0.1, 0.15) is 5.82 Å². The Morgan fingerprint density at radius 2 is 1.91 bits per heavy atom. The molecular formula is C15H14N4O3S.